The average molecular weight is 161 g/mol. The van der Waals surface area contributed by atoms with E-state index in [1.165, 1.54) is 7.05 Å². The summed E-state index contributed by atoms with van der Waals surface area (Å²) in [6.07, 6.45) is 0.567. The zero-order valence-corrected chi connectivity index (χ0v) is 6.06. The summed E-state index contributed by atoms with van der Waals surface area (Å²) < 4.78 is 24.3. The molecule has 62 valence electrons. The minimum atomic E-state index is -0.930. The Morgan fingerprint density at radius 2 is 2.18 bits per heavy atom. The predicted octanol–water partition coefficient (Wildman–Crippen LogP) is 0.815. The molecule has 11 heavy (non-hydrogen) atoms. The van der Waals surface area contributed by atoms with Gasteiger partial charge in [0.05, 0.1) is 0 Å². The van der Waals surface area contributed by atoms with Gasteiger partial charge in [0.2, 0.25) is 0 Å². The van der Waals surface area contributed by atoms with Crippen LogP contribution >= 0.6 is 0 Å². The predicted molar refractivity (Wildman–Crippen MR) is 40.1 cm³/mol. The number of hydrogen-bond donors (Lipinski definition) is 2. The lowest BCUT2D eigenvalue weighted by Crippen LogP contribution is -2.29. The monoisotopic (exact) mass is 161 g/mol. The van der Waals surface area contributed by atoms with Crippen molar-refractivity contribution in [1.82, 2.24) is 5.32 Å². The maximum absolute atomic E-state index is 12.4. The van der Waals surface area contributed by atoms with Crippen LogP contribution in [-0.4, -0.2) is 13.0 Å². The zero-order chi connectivity index (χ0) is 8.85. The van der Waals surface area contributed by atoms with Gasteiger partial charge >= 0.3 is 0 Å². The average Bonchev–Trinajstić information content (AvgIpc) is 1.85. The number of halogens is 2. The van der Waals surface area contributed by atoms with Gasteiger partial charge in [0.15, 0.2) is 11.9 Å². The number of aliphatic imine (C=N–C) groups is 1. The van der Waals surface area contributed by atoms with Crippen LogP contribution in [0.2, 0.25) is 0 Å². The van der Waals surface area contributed by atoms with Gasteiger partial charge in [-0.25, -0.2) is 4.39 Å². The van der Waals surface area contributed by atoms with Crippen molar-refractivity contribution in [3.8, 4) is 0 Å². The van der Waals surface area contributed by atoms with Crippen LogP contribution in [0, 0.1) is 0 Å². The van der Waals surface area contributed by atoms with Crippen molar-refractivity contribution in [2.45, 2.75) is 0 Å². The van der Waals surface area contributed by atoms with Gasteiger partial charge in [-0.3, -0.25) is 4.99 Å². The van der Waals surface area contributed by atoms with Crippen LogP contribution in [0.25, 0.3) is 0 Å². The zero-order valence-electron chi connectivity index (χ0n) is 6.06. The highest BCUT2D eigenvalue weighted by Gasteiger charge is 1.95. The maximum atomic E-state index is 12.4. The quantitative estimate of drug-likeness (QED) is 0.272. The second kappa shape index (κ2) is 4.43. The van der Waals surface area contributed by atoms with E-state index < -0.39 is 11.8 Å². The van der Waals surface area contributed by atoms with Crippen molar-refractivity contribution in [3.63, 3.8) is 0 Å². The summed E-state index contributed by atoms with van der Waals surface area (Å²) in [7, 11) is 1.37. The third-order valence-electron chi connectivity index (χ3n) is 0.772. The number of guanidine groups is 1. The van der Waals surface area contributed by atoms with Gasteiger partial charge in [-0.1, -0.05) is 6.58 Å². The maximum Gasteiger partial charge on any atom is 0.196 e. The van der Waals surface area contributed by atoms with Gasteiger partial charge in [0.25, 0.3) is 0 Å². The molecule has 5 heteroatoms. The van der Waals surface area contributed by atoms with Gasteiger partial charge in [-0.15, -0.1) is 0 Å². The molecule has 0 amide bonds. The van der Waals surface area contributed by atoms with Crippen molar-refractivity contribution in [3.05, 3.63) is 24.4 Å². The molecule has 3 nitrogen and oxygen atoms in total. The van der Waals surface area contributed by atoms with Gasteiger partial charge in [-0.05, 0) is 0 Å². The van der Waals surface area contributed by atoms with Crippen LogP contribution in [0.5, 0.6) is 0 Å². The number of nitrogens with one attached hydrogen (secondary N) is 1. The second-order valence-electron chi connectivity index (χ2n) is 1.67. The third-order valence-corrected chi connectivity index (χ3v) is 0.772. The molecule has 0 saturated heterocycles. The number of hydrogen-bond acceptors (Lipinski definition) is 1. The van der Waals surface area contributed by atoms with Crippen molar-refractivity contribution >= 4 is 5.96 Å². The molecule has 0 heterocycles. The lowest BCUT2D eigenvalue weighted by molar-refractivity contribution is 0.580. The van der Waals surface area contributed by atoms with Crippen molar-refractivity contribution in [2.24, 2.45) is 10.7 Å². The minimum absolute atomic E-state index is 0.125. The molecule has 0 bridgehead atoms. The first kappa shape index (κ1) is 9.61. The van der Waals surface area contributed by atoms with E-state index in [9.17, 15) is 8.78 Å². The molecule has 3 N–H and O–H groups in total. The lowest BCUT2D eigenvalue weighted by atomic mass is 10.5. The number of rotatable bonds is 2. The smallest absolute Gasteiger partial charge is 0.196 e. The molecule has 0 aliphatic carbocycles. The Balaban J connectivity index is 4.07. The molecule has 0 unspecified atom stereocenters. The van der Waals surface area contributed by atoms with Crippen LogP contribution in [-0.2, 0) is 0 Å². The summed E-state index contributed by atoms with van der Waals surface area (Å²) in [5.41, 5.74) is 5.06. The highest BCUT2D eigenvalue weighted by Crippen LogP contribution is 1.98. The first-order valence-electron chi connectivity index (χ1n) is 2.77. The second-order valence-corrected chi connectivity index (χ2v) is 1.67. The molecule has 0 spiro atoms. The summed E-state index contributed by atoms with van der Waals surface area (Å²) in [5.74, 6) is -1.94. The topological polar surface area (TPSA) is 50.4 Å². The van der Waals surface area contributed by atoms with E-state index in [1.807, 2.05) is 5.32 Å². The molecule has 0 radical (unpaired) electrons. The van der Waals surface area contributed by atoms with E-state index in [2.05, 4.69) is 11.6 Å². The van der Waals surface area contributed by atoms with Crippen LogP contribution < -0.4 is 11.1 Å². The summed E-state index contributed by atoms with van der Waals surface area (Å²) in [6.45, 7) is 2.82. The molecule has 0 aliphatic rings. The normalized spacial score (nSPS) is 13.0. The SMILES string of the molecule is C=C(F)/C=C(/F)NC(N)=NC. The van der Waals surface area contributed by atoms with E-state index in [0.29, 0.717) is 6.08 Å². The molecule has 0 rings (SSSR count). The van der Waals surface area contributed by atoms with Crippen LogP contribution in [0.3, 0.4) is 0 Å². The molecular weight excluding hydrogens is 152 g/mol. The molecule has 0 aliphatic heterocycles. The van der Waals surface area contributed by atoms with E-state index in [0.717, 1.165) is 0 Å². The van der Waals surface area contributed by atoms with E-state index in [4.69, 9.17) is 5.73 Å². The third kappa shape index (κ3) is 5.07. The summed E-state index contributed by atoms with van der Waals surface area (Å²) in [6, 6.07) is 0. The van der Waals surface area contributed by atoms with Gasteiger partial charge in [-0.2, -0.15) is 4.39 Å². The molecule has 0 fully saturated rings. The van der Waals surface area contributed by atoms with Crippen molar-refractivity contribution < 1.29 is 8.78 Å². The number of allylic oxidation sites excluding steroid dienone is 2. The van der Waals surface area contributed by atoms with Gasteiger partial charge < -0.3 is 11.1 Å². The molecule has 0 saturated carbocycles. The Morgan fingerprint density at radius 3 is 2.55 bits per heavy atom. The Morgan fingerprint density at radius 1 is 1.64 bits per heavy atom. The highest BCUT2D eigenvalue weighted by atomic mass is 19.1. The minimum Gasteiger partial charge on any atom is -0.370 e. The molecular formula is C6H9F2N3. The largest absolute Gasteiger partial charge is 0.370 e. The molecule has 0 atom stereocenters. The van der Waals surface area contributed by atoms with Gasteiger partial charge in [0.1, 0.15) is 5.83 Å². The fourth-order valence-corrected chi connectivity index (χ4v) is 0.352. The number of nitrogens with zero attached hydrogens (tertiary/aromatic N) is 1. The molecule has 0 aromatic carbocycles. The van der Waals surface area contributed by atoms with Crippen LogP contribution in [0.4, 0.5) is 8.78 Å². The Bertz CT molecular complexity index is 208. The van der Waals surface area contributed by atoms with Crippen molar-refractivity contribution in [2.75, 3.05) is 7.05 Å². The fraction of sp³-hybridized carbons (Fsp3) is 0.167. The van der Waals surface area contributed by atoms with E-state index in [1.54, 1.807) is 0 Å². The Labute approximate surface area is 63.3 Å². The summed E-state index contributed by atoms with van der Waals surface area (Å²) in [5, 5.41) is 1.98. The summed E-state index contributed by atoms with van der Waals surface area (Å²) in [4.78, 5) is 3.39. The van der Waals surface area contributed by atoms with E-state index in [-0.39, 0.29) is 5.96 Å². The van der Waals surface area contributed by atoms with Crippen LogP contribution in [0.15, 0.2) is 29.4 Å². The first-order valence-corrected chi connectivity index (χ1v) is 2.77. The Kier molecular flexibility index (Phi) is 3.87. The first-order chi connectivity index (χ1) is 5.06. The molecule has 0 aromatic rings. The van der Waals surface area contributed by atoms with Crippen molar-refractivity contribution in [1.29, 1.82) is 0 Å². The highest BCUT2D eigenvalue weighted by molar-refractivity contribution is 5.79. The molecule has 0 aromatic heterocycles. The van der Waals surface area contributed by atoms with E-state index >= 15 is 0 Å². The lowest BCUT2D eigenvalue weighted by Gasteiger charge is -1.98. The summed E-state index contributed by atoms with van der Waals surface area (Å²) >= 11 is 0. The standard InChI is InChI=1S/C6H9F2N3/c1-4(7)3-5(8)11-6(9)10-2/h3H,1H2,2H3,(H3,9,10,11)/b5-3-. The van der Waals surface area contributed by atoms with Crippen LogP contribution in [0.1, 0.15) is 0 Å². The number of nitrogens with two attached hydrogens (primary N) is 1. The van der Waals surface area contributed by atoms with Gasteiger partial charge in [0, 0.05) is 13.1 Å². The fourth-order valence-electron chi connectivity index (χ4n) is 0.352. The Hall–Kier alpha value is -1.39.